The molecule has 0 aliphatic carbocycles. The van der Waals surface area contributed by atoms with Gasteiger partial charge in [-0.25, -0.2) is 0 Å². The van der Waals surface area contributed by atoms with Crippen molar-refractivity contribution in [3.05, 3.63) is 57.0 Å². The summed E-state index contributed by atoms with van der Waals surface area (Å²) in [6.45, 7) is 0.476. The second kappa shape index (κ2) is 6.25. The van der Waals surface area contributed by atoms with E-state index in [0.717, 1.165) is 26.0 Å². The van der Waals surface area contributed by atoms with E-state index < -0.39 is 0 Å². The highest BCUT2D eigenvalue weighted by atomic mass is 79.9. The van der Waals surface area contributed by atoms with Crippen LogP contribution in [0.5, 0.6) is 11.5 Å². The fraction of sp³-hybridized carbons (Fsp3) is 0.143. The van der Waals surface area contributed by atoms with Crippen molar-refractivity contribution in [2.75, 3.05) is 7.11 Å². The lowest BCUT2D eigenvalue weighted by Crippen LogP contribution is -1.98. The van der Waals surface area contributed by atoms with Crippen molar-refractivity contribution in [1.29, 1.82) is 0 Å². The topological polar surface area (TPSA) is 18.5 Å². The van der Waals surface area contributed by atoms with E-state index in [9.17, 15) is 0 Å². The Hall–Kier alpha value is -1.00. The minimum atomic E-state index is 0.476. The summed E-state index contributed by atoms with van der Waals surface area (Å²) < 4.78 is 13.1. The molecule has 2 rings (SSSR count). The number of methoxy groups -OCH3 is 1. The minimum absolute atomic E-state index is 0.476. The number of ether oxygens (including phenoxy) is 2. The van der Waals surface area contributed by atoms with E-state index >= 15 is 0 Å². The maximum Gasteiger partial charge on any atom is 0.125 e. The molecule has 0 aromatic heterocycles. The first kappa shape index (κ1) is 13.4. The van der Waals surface area contributed by atoms with E-state index in [-0.39, 0.29) is 0 Å². The third-order valence-electron chi connectivity index (χ3n) is 2.45. The molecule has 2 nitrogen and oxygen atoms in total. The molecule has 2 aromatic rings. The quantitative estimate of drug-likeness (QED) is 0.768. The molecule has 0 atom stereocenters. The zero-order chi connectivity index (χ0) is 13.0. The Morgan fingerprint density at radius 1 is 0.944 bits per heavy atom. The van der Waals surface area contributed by atoms with Crippen LogP contribution in [-0.2, 0) is 6.61 Å². The molecule has 0 saturated carbocycles. The van der Waals surface area contributed by atoms with Gasteiger partial charge in [-0.2, -0.15) is 0 Å². The van der Waals surface area contributed by atoms with Crippen molar-refractivity contribution in [3.63, 3.8) is 0 Å². The van der Waals surface area contributed by atoms with Crippen molar-refractivity contribution in [1.82, 2.24) is 0 Å². The van der Waals surface area contributed by atoms with Crippen LogP contribution >= 0.6 is 31.9 Å². The fourth-order valence-corrected chi connectivity index (χ4v) is 2.22. The van der Waals surface area contributed by atoms with E-state index in [0.29, 0.717) is 6.61 Å². The molecule has 94 valence electrons. The molecule has 0 spiro atoms. The Morgan fingerprint density at radius 3 is 2.28 bits per heavy atom. The molecule has 0 amide bonds. The molecule has 0 fully saturated rings. The van der Waals surface area contributed by atoms with Crippen molar-refractivity contribution >= 4 is 31.9 Å². The summed E-state index contributed by atoms with van der Waals surface area (Å²) in [5, 5.41) is 0. The van der Waals surface area contributed by atoms with Gasteiger partial charge in [0.2, 0.25) is 0 Å². The molecule has 0 heterocycles. The van der Waals surface area contributed by atoms with E-state index in [1.54, 1.807) is 7.11 Å². The molecule has 0 bridgehead atoms. The Kier molecular flexibility index (Phi) is 4.66. The molecule has 0 aliphatic heterocycles. The summed E-state index contributed by atoms with van der Waals surface area (Å²) in [6, 6.07) is 13.6. The van der Waals surface area contributed by atoms with Crippen LogP contribution in [0.2, 0.25) is 0 Å². The van der Waals surface area contributed by atoms with Gasteiger partial charge >= 0.3 is 0 Å². The van der Waals surface area contributed by atoms with Crippen LogP contribution in [0.4, 0.5) is 0 Å². The van der Waals surface area contributed by atoms with Gasteiger partial charge in [0.1, 0.15) is 18.1 Å². The fourth-order valence-electron chi connectivity index (χ4n) is 1.55. The van der Waals surface area contributed by atoms with E-state index in [4.69, 9.17) is 9.47 Å². The Morgan fingerprint density at radius 2 is 1.61 bits per heavy atom. The van der Waals surface area contributed by atoms with Crippen LogP contribution in [0, 0.1) is 0 Å². The minimum Gasteiger partial charge on any atom is -0.496 e. The van der Waals surface area contributed by atoms with Crippen molar-refractivity contribution < 1.29 is 9.47 Å². The van der Waals surface area contributed by atoms with Gasteiger partial charge < -0.3 is 9.47 Å². The summed E-state index contributed by atoms with van der Waals surface area (Å²) in [4.78, 5) is 0. The smallest absolute Gasteiger partial charge is 0.125 e. The van der Waals surface area contributed by atoms with Gasteiger partial charge in [-0.05, 0) is 42.5 Å². The zero-order valence-electron chi connectivity index (χ0n) is 9.82. The standard InChI is InChI=1S/C14H12Br2O2/c1-17-14-7-4-12(16)8-10(14)9-18-13-5-2-11(15)3-6-13/h2-8H,9H2,1H3. The Labute approximate surface area is 123 Å². The van der Waals surface area contributed by atoms with Crippen LogP contribution in [-0.4, -0.2) is 7.11 Å². The third kappa shape index (κ3) is 3.50. The van der Waals surface area contributed by atoms with Gasteiger partial charge in [0.25, 0.3) is 0 Å². The second-order valence-electron chi connectivity index (χ2n) is 3.70. The molecule has 18 heavy (non-hydrogen) atoms. The lowest BCUT2D eigenvalue weighted by molar-refractivity contribution is 0.296. The molecule has 0 saturated heterocycles. The van der Waals surface area contributed by atoms with Gasteiger partial charge in [0.15, 0.2) is 0 Å². The predicted octanol–water partition coefficient (Wildman–Crippen LogP) is 4.80. The van der Waals surface area contributed by atoms with E-state index in [2.05, 4.69) is 31.9 Å². The number of hydrogen-bond acceptors (Lipinski definition) is 2. The van der Waals surface area contributed by atoms with Crippen LogP contribution in [0.1, 0.15) is 5.56 Å². The number of hydrogen-bond donors (Lipinski definition) is 0. The molecule has 0 N–H and O–H groups in total. The maximum atomic E-state index is 5.72. The number of halogens is 2. The van der Waals surface area contributed by atoms with Gasteiger partial charge in [-0.3, -0.25) is 0 Å². The molecule has 0 unspecified atom stereocenters. The van der Waals surface area contributed by atoms with Crippen LogP contribution in [0.3, 0.4) is 0 Å². The summed E-state index contributed by atoms with van der Waals surface area (Å²) in [7, 11) is 1.66. The second-order valence-corrected chi connectivity index (χ2v) is 5.53. The maximum absolute atomic E-state index is 5.72. The summed E-state index contributed by atoms with van der Waals surface area (Å²) in [6.07, 6.45) is 0. The molecule has 0 aliphatic rings. The lowest BCUT2D eigenvalue weighted by Gasteiger charge is -2.10. The molecule has 4 heteroatoms. The SMILES string of the molecule is COc1ccc(Br)cc1COc1ccc(Br)cc1. The van der Waals surface area contributed by atoms with E-state index in [1.807, 2.05) is 42.5 Å². The van der Waals surface area contributed by atoms with Crippen molar-refractivity contribution in [2.24, 2.45) is 0 Å². The first-order valence-corrected chi connectivity index (χ1v) is 6.98. The van der Waals surface area contributed by atoms with Crippen molar-refractivity contribution in [3.8, 4) is 11.5 Å². The van der Waals surface area contributed by atoms with E-state index in [1.165, 1.54) is 0 Å². The average molecular weight is 372 g/mol. The van der Waals surface area contributed by atoms with Crippen molar-refractivity contribution in [2.45, 2.75) is 6.61 Å². The lowest BCUT2D eigenvalue weighted by atomic mass is 10.2. The highest BCUT2D eigenvalue weighted by Gasteiger charge is 2.04. The largest absolute Gasteiger partial charge is 0.496 e. The molecular formula is C14H12Br2O2. The predicted molar refractivity (Wildman–Crippen MR) is 79.2 cm³/mol. The van der Waals surface area contributed by atoms with Gasteiger partial charge in [-0.15, -0.1) is 0 Å². The Bertz CT molecular complexity index is 524. The van der Waals surface area contributed by atoms with Gasteiger partial charge in [0.05, 0.1) is 7.11 Å². The van der Waals surface area contributed by atoms with Gasteiger partial charge in [-0.1, -0.05) is 31.9 Å². The number of rotatable bonds is 4. The van der Waals surface area contributed by atoms with Gasteiger partial charge in [0, 0.05) is 14.5 Å². The number of benzene rings is 2. The summed E-state index contributed by atoms with van der Waals surface area (Å²) in [5.41, 5.74) is 1.01. The first-order chi connectivity index (χ1) is 8.69. The normalized spacial score (nSPS) is 10.2. The highest BCUT2D eigenvalue weighted by Crippen LogP contribution is 2.25. The molecular weight excluding hydrogens is 360 g/mol. The molecule has 0 radical (unpaired) electrons. The highest BCUT2D eigenvalue weighted by molar-refractivity contribution is 9.10. The zero-order valence-corrected chi connectivity index (χ0v) is 13.0. The first-order valence-electron chi connectivity index (χ1n) is 5.40. The summed E-state index contributed by atoms with van der Waals surface area (Å²) in [5.74, 6) is 1.66. The van der Waals surface area contributed by atoms with Crippen LogP contribution < -0.4 is 9.47 Å². The monoisotopic (exact) mass is 370 g/mol. The van der Waals surface area contributed by atoms with Crippen LogP contribution in [0.25, 0.3) is 0 Å². The third-order valence-corrected chi connectivity index (χ3v) is 3.47. The summed E-state index contributed by atoms with van der Waals surface area (Å²) >= 11 is 6.84. The average Bonchev–Trinajstić information content (AvgIpc) is 2.38. The molecule has 2 aromatic carbocycles. The Balaban J connectivity index is 2.09. The van der Waals surface area contributed by atoms with Crippen LogP contribution in [0.15, 0.2) is 51.4 Å².